The van der Waals surface area contributed by atoms with Crippen molar-refractivity contribution in [2.45, 2.75) is 64.0 Å². The van der Waals surface area contributed by atoms with Crippen LogP contribution in [0, 0.1) is 29.6 Å². The maximum atomic E-state index is 9.51. The molecule has 0 amide bonds. The second kappa shape index (κ2) is 10.0. The summed E-state index contributed by atoms with van der Waals surface area (Å²) in [6.07, 6.45) is 13.8. The van der Waals surface area contributed by atoms with E-state index in [0.29, 0.717) is 36.3 Å². The minimum absolute atomic E-state index is 0.0217. The molecule has 4 nitrogen and oxygen atoms in total. The molecule has 0 aromatic heterocycles. The smallest absolute Gasteiger partial charge is 0.0776 e. The van der Waals surface area contributed by atoms with Crippen LogP contribution in [0.5, 0.6) is 0 Å². The summed E-state index contributed by atoms with van der Waals surface area (Å²) in [5.74, 6) is 2.82. The molecular weight excluding hydrogens is 396 g/mol. The first kappa shape index (κ1) is 22.8. The molecule has 2 aliphatic heterocycles. The largest absolute Gasteiger partial charge is 0.396 e. The number of nitrogens with zero attached hydrogens (tertiary/aromatic N) is 1. The average Bonchev–Trinajstić information content (AvgIpc) is 3.09. The maximum Gasteiger partial charge on any atom is 0.0776 e. The quantitative estimate of drug-likeness (QED) is 0.628. The summed E-state index contributed by atoms with van der Waals surface area (Å²) in [6, 6.07) is 0.530. The van der Waals surface area contributed by atoms with Crippen LogP contribution in [0.2, 0.25) is 0 Å². The second-order valence-electron chi connectivity index (χ2n) is 10.6. The third kappa shape index (κ3) is 5.15. The van der Waals surface area contributed by atoms with Gasteiger partial charge in [0.25, 0.3) is 0 Å². The molecule has 0 bridgehead atoms. The lowest BCUT2D eigenvalue weighted by Gasteiger charge is -2.43. The first-order chi connectivity index (χ1) is 14.5. The van der Waals surface area contributed by atoms with Gasteiger partial charge in [-0.3, -0.25) is 0 Å². The molecule has 2 heterocycles. The van der Waals surface area contributed by atoms with Crippen molar-refractivity contribution in [2.75, 3.05) is 39.4 Å². The molecule has 30 heavy (non-hydrogen) atoms. The van der Waals surface area contributed by atoms with E-state index in [0.717, 1.165) is 56.6 Å². The number of aliphatic hydroxyl groups excluding tert-OH is 1. The first-order valence-electron chi connectivity index (χ1n) is 12.2. The van der Waals surface area contributed by atoms with Crippen LogP contribution in [0.1, 0.15) is 52.4 Å². The van der Waals surface area contributed by atoms with Crippen LogP contribution in [0.25, 0.3) is 0 Å². The van der Waals surface area contributed by atoms with Gasteiger partial charge in [-0.2, -0.15) is 0 Å². The van der Waals surface area contributed by atoms with Gasteiger partial charge in [0.1, 0.15) is 0 Å². The van der Waals surface area contributed by atoms with Crippen LogP contribution in [0.15, 0.2) is 23.3 Å². The monoisotopic (exact) mass is 436 g/mol. The van der Waals surface area contributed by atoms with E-state index in [4.69, 9.17) is 16.3 Å². The Kier molecular flexibility index (Phi) is 7.63. The summed E-state index contributed by atoms with van der Waals surface area (Å²) >= 11 is 6.21. The van der Waals surface area contributed by atoms with Gasteiger partial charge >= 0.3 is 0 Å². The molecule has 4 aliphatic rings. The standard InChI is InChI=1S/C25H41ClN2O2/c1-18(2)24(27-14-19-4-3-5-20(12-19)16-29)15-28-10-8-25(9-11-28)23-7-6-22(26)13-21(23)17-30-25/h6-7,13,18-21,23-24,27,29H,3-5,8-12,14-17H2,1-2H3/t19?,20?,21?,23?,24-/m0/s1. The van der Waals surface area contributed by atoms with Gasteiger partial charge in [0.05, 0.1) is 12.2 Å². The number of hydrogen-bond acceptors (Lipinski definition) is 4. The van der Waals surface area contributed by atoms with Crippen molar-refractivity contribution in [1.29, 1.82) is 0 Å². The van der Waals surface area contributed by atoms with E-state index in [-0.39, 0.29) is 5.60 Å². The Morgan fingerprint density at radius 1 is 1.27 bits per heavy atom. The zero-order valence-corrected chi connectivity index (χ0v) is 19.6. The fourth-order valence-corrected chi connectivity index (χ4v) is 6.46. The first-order valence-corrected chi connectivity index (χ1v) is 12.6. The average molecular weight is 437 g/mol. The highest BCUT2D eigenvalue weighted by atomic mass is 35.5. The number of piperidine rings is 1. The van der Waals surface area contributed by atoms with Gasteiger partial charge < -0.3 is 20.1 Å². The van der Waals surface area contributed by atoms with Crippen LogP contribution in [-0.2, 0) is 4.74 Å². The van der Waals surface area contributed by atoms with Gasteiger partial charge in [0.15, 0.2) is 0 Å². The number of nitrogens with one attached hydrogen (secondary N) is 1. The van der Waals surface area contributed by atoms with Gasteiger partial charge in [0, 0.05) is 49.2 Å². The van der Waals surface area contributed by atoms with Crippen molar-refractivity contribution in [3.63, 3.8) is 0 Å². The van der Waals surface area contributed by atoms with E-state index in [1.54, 1.807) is 0 Å². The number of fused-ring (bicyclic) bond motifs is 2. The second-order valence-corrected chi connectivity index (χ2v) is 11.1. The van der Waals surface area contributed by atoms with Crippen LogP contribution in [-0.4, -0.2) is 61.0 Å². The third-order valence-corrected chi connectivity index (χ3v) is 8.50. The van der Waals surface area contributed by atoms with Crippen LogP contribution < -0.4 is 5.32 Å². The Hall–Kier alpha value is -0.390. The lowest BCUT2D eigenvalue weighted by atomic mass is 9.74. The highest BCUT2D eigenvalue weighted by molar-refractivity contribution is 6.31. The minimum atomic E-state index is 0.0217. The van der Waals surface area contributed by atoms with Gasteiger partial charge in [-0.05, 0) is 62.5 Å². The SMILES string of the molecule is CC(C)[C@H](CN1CCC2(CC1)OCC1C=C(Cl)C=CC12)NCC1CCCC(CO)C1. The summed E-state index contributed by atoms with van der Waals surface area (Å²) in [7, 11) is 0. The Morgan fingerprint density at radius 2 is 2.03 bits per heavy atom. The molecule has 0 aromatic rings. The Bertz CT molecular complexity index is 627. The number of aliphatic hydroxyl groups is 1. The molecule has 5 heteroatoms. The van der Waals surface area contributed by atoms with Crippen molar-refractivity contribution in [2.24, 2.45) is 29.6 Å². The Balaban J connectivity index is 1.26. The summed E-state index contributed by atoms with van der Waals surface area (Å²) in [6.45, 7) is 10.3. The van der Waals surface area contributed by atoms with Crippen molar-refractivity contribution in [1.82, 2.24) is 10.2 Å². The molecule has 2 saturated heterocycles. The number of ether oxygens (including phenoxy) is 1. The lowest BCUT2D eigenvalue weighted by molar-refractivity contribution is -0.0596. The van der Waals surface area contributed by atoms with E-state index in [1.165, 1.54) is 25.7 Å². The predicted octanol–water partition coefficient (Wildman–Crippen LogP) is 4.19. The van der Waals surface area contributed by atoms with E-state index in [1.807, 2.05) is 0 Å². The van der Waals surface area contributed by atoms with Crippen molar-refractivity contribution in [3.8, 4) is 0 Å². The Morgan fingerprint density at radius 3 is 2.77 bits per heavy atom. The van der Waals surface area contributed by atoms with E-state index < -0.39 is 0 Å². The molecule has 4 unspecified atom stereocenters. The zero-order valence-electron chi connectivity index (χ0n) is 18.9. The zero-order chi connectivity index (χ0) is 21.1. The van der Waals surface area contributed by atoms with Crippen LogP contribution in [0.3, 0.4) is 0 Å². The van der Waals surface area contributed by atoms with E-state index in [2.05, 4.69) is 42.3 Å². The fourth-order valence-electron chi connectivity index (χ4n) is 6.23. The number of allylic oxidation sites excluding steroid dienone is 2. The van der Waals surface area contributed by atoms with Crippen molar-refractivity contribution >= 4 is 11.6 Å². The number of halogens is 1. The van der Waals surface area contributed by atoms with Gasteiger partial charge in [0.2, 0.25) is 0 Å². The molecule has 1 spiro atoms. The summed E-state index contributed by atoms with van der Waals surface area (Å²) < 4.78 is 6.41. The van der Waals surface area contributed by atoms with E-state index in [9.17, 15) is 5.11 Å². The normalized spacial score (nSPS) is 34.9. The summed E-state index contributed by atoms with van der Waals surface area (Å²) in [5, 5.41) is 14.3. The topological polar surface area (TPSA) is 44.7 Å². The molecule has 5 atom stereocenters. The molecule has 0 aromatic carbocycles. The Labute approximate surface area is 188 Å². The molecule has 3 fully saturated rings. The maximum absolute atomic E-state index is 9.51. The molecule has 4 rings (SSSR count). The summed E-state index contributed by atoms with van der Waals surface area (Å²) in [4.78, 5) is 2.65. The van der Waals surface area contributed by atoms with Crippen molar-refractivity contribution in [3.05, 3.63) is 23.3 Å². The number of hydrogen-bond donors (Lipinski definition) is 2. The van der Waals surface area contributed by atoms with Gasteiger partial charge in [-0.1, -0.05) is 44.0 Å². The van der Waals surface area contributed by atoms with E-state index >= 15 is 0 Å². The molecule has 170 valence electrons. The molecule has 2 aliphatic carbocycles. The number of likely N-dealkylation sites (tertiary alicyclic amines) is 1. The van der Waals surface area contributed by atoms with Crippen LogP contribution >= 0.6 is 11.6 Å². The highest BCUT2D eigenvalue weighted by Crippen LogP contribution is 2.47. The lowest BCUT2D eigenvalue weighted by Crippen LogP contribution is -2.52. The molecule has 0 radical (unpaired) electrons. The molecule has 2 N–H and O–H groups in total. The summed E-state index contributed by atoms with van der Waals surface area (Å²) in [5.41, 5.74) is 0.0217. The minimum Gasteiger partial charge on any atom is -0.396 e. The number of rotatable bonds is 7. The third-order valence-electron chi connectivity index (χ3n) is 8.25. The van der Waals surface area contributed by atoms with Gasteiger partial charge in [-0.15, -0.1) is 0 Å². The van der Waals surface area contributed by atoms with Crippen molar-refractivity contribution < 1.29 is 9.84 Å². The van der Waals surface area contributed by atoms with Gasteiger partial charge in [-0.25, -0.2) is 0 Å². The molecule has 1 saturated carbocycles. The molecular formula is C25H41ClN2O2. The predicted molar refractivity (Wildman–Crippen MR) is 124 cm³/mol. The van der Waals surface area contributed by atoms with Crippen LogP contribution in [0.4, 0.5) is 0 Å². The highest BCUT2D eigenvalue weighted by Gasteiger charge is 2.50. The fraction of sp³-hybridized carbons (Fsp3) is 0.840.